The fraction of sp³-hybridized carbons (Fsp3) is 0.636. The lowest BCUT2D eigenvalue weighted by Crippen LogP contribution is -2.21. The standard InChI is InChI=1S/C11H19NS/c1-11(2,6-7-12-3)9-10-5-4-8-13-10/h4-5,8,12H,6-7,9H2,1-3H3. The minimum absolute atomic E-state index is 0.424. The summed E-state index contributed by atoms with van der Waals surface area (Å²) in [7, 11) is 2.02. The van der Waals surface area contributed by atoms with Crippen molar-refractivity contribution in [2.45, 2.75) is 26.7 Å². The van der Waals surface area contributed by atoms with E-state index in [-0.39, 0.29) is 0 Å². The summed E-state index contributed by atoms with van der Waals surface area (Å²) in [6.07, 6.45) is 2.44. The van der Waals surface area contributed by atoms with E-state index in [1.165, 1.54) is 17.7 Å². The second-order valence-electron chi connectivity index (χ2n) is 4.27. The van der Waals surface area contributed by atoms with Gasteiger partial charge in [-0.25, -0.2) is 0 Å². The Kier molecular flexibility index (Phi) is 3.94. The number of thiophene rings is 1. The smallest absolute Gasteiger partial charge is 0.00505 e. The molecule has 0 amide bonds. The van der Waals surface area contributed by atoms with Gasteiger partial charge in [0, 0.05) is 4.88 Å². The lowest BCUT2D eigenvalue weighted by atomic mass is 9.85. The summed E-state index contributed by atoms with van der Waals surface area (Å²) in [5, 5.41) is 5.36. The molecule has 13 heavy (non-hydrogen) atoms. The van der Waals surface area contributed by atoms with Gasteiger partial charge in [-0.05, 0) is 43.3 Å². The van der Waals surface area contributed by atoms with E-state index >= 15 is 0 Å². The largest absolute Gasteiger partial charge is 0.320 e. The maximum Gasteiger partial charge on any atom is 0.00505 e. The summed E-state index contributed by atoms with van der Waals surface area (Å²) in [5.41, 5.74) is 0.424. The van der Waals surface area contributed by atoms with Crippen LogP contribution < -0.4 is 5.32 Å². The van der Waals surface area contributed by atoms with Crippen LogP contribution >= 0.6 is 11.3 Å². The van der Waals surface area contributed by atoms with Crippen LogP contribution in [0.3, 0.4) is 0 Å². The van der Waals surface area contributed by atoms with Crippen LogP contribution in [0.15, 0.2) is 17.5 Å². The molecule has 0 saturated carbocycles. The highest BCUT2D eigenvalue weighted by molar-refractivity contribution is 7.09. The molecule has 0 spiro atoms. The maximum atomic E-state index is 3.21. The van der Waals surface area contributed by atoms with Gasteiger partial charge >= 0.3 is 0 Å². The third kappa shape index (κ3) is 3.92. The highest BCUT2D eigenvalue weighted by atomic mass is 32.1. The number of hydrogen-bond acceptors (Lipinski definition) is 2. The van der Waals surface area contributed by atoms with Gasteiger partial charge in [0.2, 0.25) is 0 Å². The van der Waals surface area contributed by atoms with Crippen LogP contribution in [0.4, 0.5) is 0 Å². The Morgan fingerprint density at radius 1 is 1.46 bits per heavy atom. The summed E-state index contributed by atoms with van der Waals surface area (Å²) in [6.45, 7) is 5.78. The lowest BCUT2D eigenvalue weighted by Gasteiger charge is -2.23. The molecule has 1 aromatic heterocycles. The third-order valence-corrected chi connectivity index (χ3v) is 3.16. The SMILES string of the molecule is CNCCC(C)(C)Cc1cccs1. The predicted molar refractivity (Wildman–Crippen MR) is 60.3 cm³/mol. The van der Waals surface area contributed by atoms with Gasteiger partial charge in [0.1, 0.15) is 0 Å². The Hall–Kier alpha value is -0.340. The van der Waals surface area contributed by atoms with Crippen molar-refractivity contribution in [2.75, 3.05) is 13.6 Å². The van der Waals surface area contributed by atoms with Crippen molar-refractivity contribution in [1.82, 2.24) is 5.32 Å². The van der Waals surface area contributed by atoms with Gasteiger partial charge in [-0.1, -0.05) is 19.9 Å². The van der Waals surface area contributed by atoms with Crippen molar-refractivity contribution in [3.05, 3.63) is 22.4 Å². The molecule has 1 heterocycles. The predicted octanol–water partition coefficient (Wildman–Crippen LogP) is 2.93. The van der Waals surface area contributed by atoms with E-state index in [4.69, 9.17) is 0 Å². The molecular weight excluding hydrogens is 178 g/mol. The van der Waals surface area contributed by atoms with E-state index in [2.05, 4.69) is 36.7 Å². The van der Waals surface area contributed by atoms with Gasteiger partial charge in [-0.3, -0.25) is 0 Å². The molecule has 0 fully saturated rings. The van der Waals surface area contributed by atoms with Crippen LogP contribution in [-0.2, 0) is 6.42 Å². The van der Waals surface area contributed by atoms with Crippen LogP contribution in [0.1, 0.15) is 25.1 Å². The topological polar surface area (TPSA) is 12.0 Å². The van der Waals surface area contributed by atoms with Crippen molar-refractivity contribution < 1.29 is 0 Å². The van der Waals surface area contributed by atoms with Crippen LogP contribution in [0.25, 0.3) is 0 Å². The Balaban J connectivity index is 2.42. The first-order valence-electron chi connectivity index (χ1n) is 4.81. The van der Waals surface area contributed by atoms with Crippen molar-refractivity contribution >= 4 is 11.3 Å². The monoisotopic (exact) mass is 197 g/mol. The van der Waals surface area contributed by atoms with E-state index in [1.54, 1.807) is 0 Å². The molecule has 0 saturated heterocycles. The summed E-state index contributed by atoms with van der Waals surface area (Å²) in [4.78, 5) is 1.50. The first-order valence-corrected chi connectivity index (χ1v) is 5.69. The third-order valence-electron chi connectivity index (χ3n) is 2.28. The average molecular weight is 197 g/mol. The highest BCUT2D eigenvalue weighted by Gasteiger charge is 2.17. The van der Waals surface area contributed by atoms with Gasteiger partial charge in [0.15, 0.2) is 0 Å². The van der Waals surface area contributed by atoms with Gasteiger partial charge < -0.3 is 5.32 Å². The second kappa shape index (κ2) is 4.77. The quantitative estimate of drug-likeness (QED) is 0.765. The van der Waals surface area contributed by atoms with E-state index in [1.807, 2.05) is 18.4 Å². The molecule has 0 aliphatic carbocycles. The fourth-order valence-corrected chi connectivity index (χ4v) is 2.40. The van der Waals surface area contributed by atoms with Crippen molar-refractivity contribution in [3.63, 3.8) is 0 Å². The highest BCUT2D eigenvalue weighted by Crippen LogP contribution is 2.27. The minimum Gasteiger partial charge on any atom is -0.320 e. The molecule has 1 nitrogen and oxygen atoms in total. The van der Waals surface area contributed by atoms with Crippen molar-refractivity contribution in [2.24, 2.45) is 5.41 Å². The molecule has 74 valence electrons. The van der Waals surface area contributed by atoms with E-state index in [0.29, 0.717) is 5.41 Å². The first kappa shape index (κ1) is 10.7. The molecule has 0 aliphatic rings. The summed E-state index contributed by atoms with van der Waals surface area (Å²) in [6, 6.07) is 4.36. The van der Waals surface area contributed by atoms with E-state index in [0.717, 1.165) is 6.54 Å². The van der Waals surface area contributed by atoms with Gasteiger partial charge in [-0.2, -0.15) is 0 Å². The van der Waals surface area contributed by atoms with Crippen LogP contribution in [0.5, 0.6) is 0 Å². The Labute approximate surface area is 85.2 Å². The number of nitrogens with one attached hydrogen (secondary N) is 1. The van der Waals surface area contributed by atoms with E-state index < -0.39 is 0 Å². The molecule has 0 aromatic carbocycles. The van der Waals surface area contributed by atoms with Gasteiger partial charge in [0.05, 0.1) is 0 Å². The fourth-order valence-electron chi connectivity index (χ4n) is 1.44. The second-order valence-corrected chi connectivity index (χ2v) is 5.31. The molecule has 0 aliphatic heterocycles. The molecule has 2 heteroatoms. The Bertz CT molecular complexity index is 226. The molecular formula is C11H19NS. The molecule has 1 N–H and O–H groups in total. The molecule has 0 radical (unpaired) electrons. The zero-order valence-electron chi connectivity index (χ0n) is 8.76. The van der Waals surface area contributed by atoms with Crippen LogP contribution in [0.2, 0.25) is 0 Å². The lowest BCUT2D eigenvalue weighted by molar-refractivity contribution is 0.332. The average Bonchev–Trinajstić information content (AvgIpc) is 2.52. The number of hydrogen-bond donors (Lipinski definition) is 1. The van der Waals surface area contributed by atoms with Gasteiger partial charge in [0.25, 0.3) is 0 Å². The summed E-state index contributed by atoms with van der Waals surface area (Å²) < 4.78 is 0. The number of rotatable bonds is 5. The molecule has 0 bridgehead atoms. The normalized spacial score (nSPS) is 11.9. The van der Waals surface area contributed by atoms with Crippen molar-refractivity contribution in [3.8, 4) is 0 Å². The molecule has 1 rings (SSSR count). The van der Waals surface area contributed by atoms with Crippen LogP contribution in [0, 0.1) is 5.41 Å². The Morgan fingerprint density at radius 2 is 2.23 bits per heavy atom. The Morgan fingerprint density at radius 3 is 2.77 bits per heavy atom. The summed E-state index contributed by atoms with van der Waals surface area (Å²) >= 11 is 1.86. The van der Waals surface area contributed by atoms with Gasteiger partial charge in [-0.15, -0.1) is 11.3 Å². The molecule has 1 aromatic rings. The van der Waals surface area contributed by atoms with Crippen LogP contribution in [-0.4, -0.2) is 13.6 Å². The maximum absolute atomic E-state index is 3.21. The van der Waals surface area contributed by atoms with E-state index in [9.17, 15) is 0 Å². The zero-order chi connectivity index (χ0) is 9.73. The first-order chi connectivity index (χ1) is 6.14. The van der Waals surface area contributed by atoms with Crippen molar-refractivity contribution in [1.29, 1.82) is 0 Å². The molecule has 0 unspecified atom stereocenters. The zero-order valence-corrected chi connectivity index (χ0v) is 9.58. The molecule has 0 atom stereocenters. The minimum atomic E-state index is 0.424. The summed E-state index contributed by atoms with van der Waals surface area (Å²) in [5.74, 6) is 0.